The fourth-order valence-corrected chi connectivity index (χ4v) is 2.42. The van der Waals surface area contributed by atoms with Crippen molar-refractivity contribution in [2.24, 2.45) is 0 Å². The maximum absolute atomic E-state index is 11.3. The molecule has 2 aromatic carbocycles. The van der Waals surface area contributed by atoms with Crippen molar-refractivity contribution in [3.63, 3.8) is 0 Å². The Bertz CT molecular complexity index is 943. The molecular formula is C14H14N2O6S2. The Balaban J connectivity index is 0.000000648. The van der Waals surface area contributed by atoms with Crippen LogP contribution in [-0.2, 0) is 20.7 Å². The smallest absolute Gasteiger partial charge is 0.399 e. The molecule has 0 amide bonds. The van der Waals surface area contributed by atoms with Gasteiger partial charge in [0.15, 0.2) is 0 Å². The Kier molecular flexibility index (Phi) is 6.65. The summed E-state index contributed by atoms with van der Waals surface area (Å²) in [7, 11) is -7.43. The standard InChI is InChI=1S/C14H14N2O3S.O3S/c15-12-6-2-10(3-7-12)1-4-11-5-8-13(16)9-14(11)20(17,18)19;1-4(2)3/h1-9H,15-16H2,(H,17,18,19);/b4-1+;. The SMILES string of the molecule is Nc1ccc(/C=C/c2ccc(N)cc2S(=O)(=O)O)cc1.O=S(=O)=O. The number of hydrogen-bond donors (Lipinski definition) is 3. The van der Waals surface area contributed by atoms with Gasteiger partial charge >= 0.3 is 10.6 Å². The van der Waals surface area contributed by atoms with E-state index in [0.717, 1.165) is 5.56 Å². The quantitative estimate of drug-likeness (QED) is 0.414. The van der Waals surface area contributed by atoms with E-state index < -0.39 is 20.7 Å². The molecule has 0 fully saturated rings. The van der Waals surface area contributed by atoms with Crippen LogP contribution in [0.15, 0.2) is 47.4 Å². The predicted octanol–water partition coefficient (Wildman–Crippen LogP) is 1.26. The molecule has 0 aliphatic carbocycles. The molecule has 128 valence electrons. The Morgan fingerprint density at radius 3 is 1.88 bits per heavy atom. The van der Waals surface area contributed by atoms with Gasteiger partial charge in [0.1, 0.15) is 4.90 Å². The second-order valence-corrected chi connectivity index (χ2v) is 6.27. The largest absolute Gasteiger partial charge is 0.425 e. The summed E-state index contributed by atoms with van der Waals surface area (Å²) < 4.78 is 57.2. The van der Waals surface area contributed by atoms with Gasteiger partial charge in [-0.2, -0.15) is 8.42 Å². The highest BCUT2D eigenvalue weighted by molar-refractivity contribution is 7.86. The lowest BCUT2D eigenvalue weighted by Crippen LogP contribution is -2.02. The van der Waals surface area contributed by atoms with Crippen LogP contribution in [-0.4, -0.2) is 25.6 Å². The Hall–Kier alpha value is -2.69. The summed E-state index contributed by atoms with van der Waals surface area (Å²) in [6, 6.07) is 11.4. The van der Waals surface area contributed by atoms with Crippen molar-refractivity contribution in [2.45, 2.75) is 4.90 Å². The van der Waals surface area contributed by atoms with E-state index in [-0.39, 0.29) is 10.6 Å². The van der Waals surface area contributed by atoms with Crippen molar-refractivity contribution in [3.05, 3.63) is 53.6 Å². The molecule has 10 heteroatoms. The number of benzene rings is 2. The first-order valence-corrected chi connectivity index (χ1v) is 8.71. The van der Waals surface area contributed by atoms with Gasteiger partial charge in [-0.25, -0.2) is 0 Å². The second kappa shape index (κ2) is 8.24. The molecule has 0 radical (unpaired) electrons. The first-order valence-electron chi connectivity index (χ1n) is 6.27. The van der Waals surface area contributed by atoms with Crippen molar-refractivity contribution in [2.75, 3.05) is 11.5 Å². The summed E-state index contributed by atoms with van der Waals surface area (Å²) in [5.41, 5.74) is 13.2. The van der Waals surface area contributed by atoms with Crippen molar-refractivity contribution in [1.29, 1.82) is 0 Å². The van der Waals surface area contributed by atoms with Crippen LogP contribution in [0.5, 0.6) is 0 Å². The summed E-state index contributed by atoms with van der Waals surface area (Å²) in [6.07, 6.45) is 3.31. The van der Waals surface area contributed by atoms with Crippen molar-refractivity contribution < 1.29 is 25.6 Å². The van der Waals surface area contributed by atoms with Crippen molar-refractivity contribution >= 4 is 44.3 Å². The van der Waals surface area contributed by atoms with Crippen molar-refractivity contribution in [3.8, 4) is 0 Å². The summed E-state index contributed by atoms with van der Waals surface area (Å²) in [5, 5.41) is 0. The fourth-order valence-electron chi connectivity index (χ4n) is 1.71. The fraction of sp³-hybridized carbons (Fsp3) is 0. The molecule has 0 saturated carbocycles. The van der Waals surface area contributed by atoms with Gasteiger partial charge in [0.25, 0.3) is 10.1 Å². The molecule has 8 nitrogen and oxygen atoms in total. The lowest BCUT2D eigenvalue weighted by molar-refractivity contribution is 0.483. The van der Waals surface area contributed by atoms with Gasteiger partial charge < -0.3 is 11.5 Å². The lowest BCUT2D eigenvalue weighted by Gasteiger charge is -2.04. The molecule has 0 aromatic heterocycles. The van der Waals surface area contributed by atoms with Crippen LogP contribution in [0.1, 0.15) is 11.1 Å². The molecule has 0 spiro atoms. The molecule has 0 heterocycles. The Morgan fingerprint density at radius 2 is 1.38 bits per heavy atom. The van der Waals surface area contributed by atoms with Crippen LogP contribution in [0.2, 0.25) is 0 Å². The zero-order valence-corrected chi connectivity index (χ0v) is 13.8. The second-order valence-electron chi connectivity index (χ2n) is 4.48. The topological polar surface area (TPSA) is 158 Å². The summed E-state index contributed by atoms with van der Waals surface area (Å²) in [4.78, 5) is -0.218. The van der Waals surface area contributed by atoms with E-state index in [2.05, 4.69) is 0 Å². The molecule has 0 bridgehead atoms. The van der Waals surface area contributed by atoms with Crippen molar-refractivity contribution in [1.82, 2.24) is 0 Å². The molecule has 2 aromatic rings. The molecule has 2 rings (SSSR count). The number of nitrogens with two attached hydrogens (primary N) is 2. The Labute approximate surface area is 140 Å². The highest BCUT2D eigenvalue weighted by atomic mass is 32.2. The molecule has 0 aliphatic heterocycles. The van der Waals surface area contributed by atoms with Crippen LogP contribution < -0.4 is 11.5 Å². The third-order valence-electron chi connectivity index (χ3n) is 2.71. The Morgan fingerprint density at radius 1 is 0.875 bits per heavy atom. The third kappa shape index (κ3) is 6.60. The van der Waals surface area contributed by atoms with Gasteiger partial charge in [-0.15, -0.1) is 12.6 Å². The number of hydrogen-bond acceptors (Lipinski definition) is 7. The number of rotatable bonds is 3. The summed E-state index contributed by atoms with van der Waals surface area (Å²) in [5.74, 6) is 0. The van der Waals surface area contributed by atoms with Crippen LogP contribution in [0, 0.1) is 0 Å². The van der Waals surface area contributed by atoms with Crippen LogP contribution in [0.25, 0.3) is 12.2 Å². The molecule has 24 heavy (non-hydrogen) atoms. The molecule has 0 atom stereocenters. The van der Waals surface area contributed by atoms with Crippen LogP contribution in [0.4, 0.5) is 11.4 Å². The minimum absolute atomic E-state index is 0.218. The highest BCUT2D eigenvalue weighted by Gasteiger charge is 2.14. The van der Waals surface area contributed by atoms with Gasteiger partial charge in [-0.05, 0) is 35.4 Å². The zero-order valence-electron chi connectivity index (χ0n) is 12.2. The van der Waals surface area contributed by atoms with E-state index in [4.69, 9.17) is 24.1 Å². The van der Waals surface area contributed by atoms with Crippen LogP contribution >= 0.6 is 0 Å². The van der Waals surface area contributed by atoms with Gasteiger partial charge in [0, 0.05) is 11.4 Å². The van der Waals surface area contributed by atoms with Gasteiger partial charge in [0.05, 0.1) is 0 Å². The van der Waals surface area contributed by atoms with Gasteiger partial charge in [-0.1, -0.05) is 30.4 Å². The molecule has 0 unspecified atom stereocenters. The zero-order chi connectivity index (χ0) is 18.3. The van der Waals surface area contributed by atoms with E-state index in [0.29, 0.717) is 11.3 Å². The van der Waals surface area contributed by atoms with E-state index in [1.54, 1.807) is 42.5 Å². The normalized spacial score (nSPS) is 10.9. The molecule has 5 N–H and O–H groups in total. The van der Waals surface area contributed by atoms with Gasteiger partial charge in [0.2, 0.25) is 0 Å². The van der Waals surface area contributed by atoms with E-state index in [1.807, 2.05) is 0 Å². The number of nitrogen functional groups attached to an aromatic ring is 2. The summed E-state index contributed by atoms with van der Waals surface area (Å²) >= 11 is 0. The van der Waals surface area contributed by atoms with E-state index in [9.17, 15) is 13.0 Å². The first-order chi connectivity index (χ1) is 11.1. The average molecular weight is 370 g/mol. The minimum Gasteiger partial charge on any atom is -0.399 e. The third-order valence-corrected chi connectivity index (χ3v) is 3.62. The summed E-state index contributed by atoms with van der Waals surface area (Å²) in [6.45, 7) is 0. The maximum atomic E-state index is 11.3. The minimum atomic E-state index is -4.32. The average Bonchev–Trinajstić information content (AvgIpc) is 2.46. The molecule has 0 aliphatic rings. The lowest BCUT2D eigenvalue weighted by atomic mass is 10.1. The highest BCUT2D eigenvalue weighted by Crippen LogP contribution is 2.21. The molecule has 0 saturated heterocycles. The van der Waals surface area contributed by atoms with E-state index >= 15 is 0 Å². The molecular weight excluding hydrogens is 356 g/mol. The first kappa shape index (κ1) is 19.4. The monoisotopic (exact) mass is 370 g/mol. The predicted molar refractivity (Wildman–Crippen MR) is 90.1 cm³/mol. The maximum Gasteiger partial charge on any atom is 0.425 e. The van der Waals surface area contributed by atoms with Crippen LogP contribution in [0.3, 0.4) is 0 Å². The number of anilines is 2. The van der Waals surface area contributed by atoms with E-state index in [1.165, 1.54) is 12.1 Å². The van der Waals surface area contributed by atoms with Gasteiger partial charge in [-0.3, -0.25) is 4.55 Å².